The van der Waals surface area contributed by atoms with Crippen LogP contribution in [0.4, 0.5) is 0 Å². The molecule has 0 atom stereocenters. The van der Waals surface area contributed by atoms with Crippen LogP contribution in [-0.2, 0) is 4.74 Å². The Bertz CT molecular complexity index is 928. The first kappa shape index (κ1) is 17.5. The maximum Gasteiger partial charge on any atom is 0.348 e. The second-order valence-corrected chi connectivity index (χ2v) is 7.36. The van der Waals surface area contributed by atoms with Crippen molar-refractivity contribution >= 4 is 62.5 Å². The zero-order chi connectivity index (χ0) is 17.3. The standard InChI is InChI=1S/C16H12Cl2N2O2S2/c1-3-22-15(21)12-7-9-13(8-4-5-10(17)11(18)6-8)19-16(23-2)20-14(9)24-12/h4-7H,3H2,1-2H3. The number of carbonyl (C=O) groups is 1. The predicted octanol–water partition coefficient (Wildman–Crippen LogP) is 5.56. The minimum absolute atomic E-state index is 0.328. The molecular formula is C16H12Cl2N2O2S2. The largest absolute Gasteiger partial charge is 0.462 e. The zero-order valence-electron chi connectivity index (χ0n) is 12.8. The lowest BCUT2D eigenvalue weighted by Crippen LogP contribution is -2.01. The topological polar surface area (TPSA) is 52.1 Å². The Hall–Kier alpha value is -1.34. The third-order valence-corrected chi connectivity index (χ3v) is 5.52. The summed E-state index contributed by atoms with van der Waals surface area (Å²) in [7, 11) is 0. The molecule has 0 aliphatic rings. The minimum Gasteiger partial charge on any atom is -0.462 e. The van der Waals surface area contributed by atoms with Gasteiger partial charge in [0.2, 0.25) is 0 Å². The Morgan fingerprint density at radius 3 is 2.71 bits per heavy atom. The van der Waals surface area contributed by atoms with Gasteiger partial charge < -0.3 is 4.74 Å². The first-order chi connectivity index (χ1) is 11.5. The number of thioether (sulfide) groups is 1. The van der Waals surface area contributed by atoms with E-state index >= 15 is 0 Å². The third kappa shape index (κ3) is 3.37. The molecule has 0 saturated heterocycles. The van der Waals surface area contributed by atoms with E-state index in [2.05, 4.69) is 9.97 Å². The highest BCUT2D eigenvalue weighted by Gasteiger charge is 2.18. The van der Waals surface area contributed by atoms with Crippen molar-refractivity contribution in [3.05, 3.63) is 39.2 Å². The summed E-state index contributed by atoms with van der Waals surface area (Å²) >= 11 is 14.9. The molecule has 0 amide bonds. The van der Waals surface area contributed by atoms with E-state index in [1.165, 1.54) is 23.1 Å². The van der Waals surface area contributed by atoms with Crippen LogP contribution in [0.3, 0.4) is 0 Å². The highest BCUT2D eigenvalue weighted by atomic mass is 35.5. The van der Waals surface area contributed by atoms with Gasteiger partial charge in [-0.15, -0.1) is 11.3 Å². The van der Waals surface area contributed by atoms with Crippen LogP contribution in [0, 0.1) is 0 Å². The van der Waals surface area contributed by atoms with E-state index in [1.54, 1.807) is 25.1 Å². The number of ether oxygens (including phenoxy) is 1. The van der Waals surface area contributed by atoms with Crippen LogP contribution in [0.5, 0.6) is 0 Å². The Morgan fingerprint density at radius 1 is 1.25 bits per heavy atom. The van der Waals surface area contributed by atoms with Crippen molar-refractivity contribution in [2.75, 3.05) is 12.9 Å². The van der Waals surface area contributed by atoms with Gasteiger partial charge in [-0.05, 0) is 31.4 Å². The quantitative estimate of drug-likeness (QED) is 0.326. The van der Waals surface area contributed by atoms with E-state index in [4.69, 9.17) is 27.9 Å². The Kier molecular flexibility index (Phi) is 5.30. The molecule has 24 heavy (non-hydrogen) atoms. The molecule has 4 nitrogen and oxygen atoms in total. The van der Waals surface area contributed by atoms with Gasteiger partial charge in [-0.25, -0.2) is 14.8 Å². The number of benzene rings is 1. The summed E-state index contributed by atoms with van der Waals surface area (Å²) in [5, 5.41) is 2.35. The van der Waals surface area contributed by atoms with Gasteiger partial charge in [0.25, 0.3) is 0 Å². The lowest BCUT2D eigenvalue weighted by molar-refractivity contribution is 0.0532. The average Bonchev–Trinajstić information content (AvgIpc) is 3.00. The highest BCUT2D eigenvalue weighted by Crippen LogP contribution is 2.35. The van der Waals surface area contributed by atoms with Crippen LogP contribution >= 0.6 is 46.3 Å². The summed E-state index contributed by atoms with van der Waals surface area (Å²) in [6.45, 7) is 2.10. The van der Waals surface area contributed by atoms with E-state index < -0.39 is 0 Å². The van der Waals surface area contributed by atoms with Crippen LogP contribution in [0.2, 0.25) is 10.0 Å². The van der Waals surface area contributed by atoms with Gasteiger partial charge >= 0.3 is 5.97 Å². The van der Waals surface area contributed by atoms with E-state index in [0.717, 1.165) is 21.5 Å². The number of carbonyl (C=O) groups excluding carboxylic acids is 1. The maximum atomic E-state index is 12.0. The molecule has 2 aromatic heterocycles. The van der Waals surface area contributed by atoms with Gasteiger partial charge in [-0.2, -0.15) is 0 Å². The lowest BCUT2D eigenvalue weighted by atomic mass is 10.1. The number of fused-ring (bicyclic) bond motifs is 1. The van der Waals surface area contributed by atoms with E-state index in [1.807, 2.05) is 12.3 Å². The fourth-order valence-corrected chi connectivity index (χ4v) is 3.81. The van der Waals surface area contributed by atoms with Crippen molar-refractivity contribution in [1.82, 2.24) is 9.97 Å². The number of rotatable bonds is 4. The molecule has 0 aliphatic heterocycles. The van der Waals surface area contributed by atoms with Gasteiger partial charge in [0.05, 0.1) is 22.3 Å². The van der Waals surface area contributed by atoms with Gasteiger partial charge in [0, 0.05) is 10.9 Å². The van der Waals surface area contributed by atoms with Crippen LogP contribution in [0.1, 0.15) is 16.6 Å². The smallest absolute Gasteiger partial charge is 0.348 e. The molecular weight excluding hydrogens is 387 g/mol. The molecule has 3 rings (SSSR count). The minimum atomic E-state index is -0.355. The highest BCUT2D eigenvalue weighted by molar-refractivity contribution is 7.98. The number of hydrogen-bond acceptors (Lipinski definition) is 6. The lowest BCUT2D eigenvalue weighted by Gasteiger charge is -2.06. The van der Waals surface area contributed by atoms with Crippen LogP contribution < -0.4 is 0 Å². The molecule has 0 unspecified atom stereocenters. The molecule has 3 aromatic rings. The Balaban J connectivity index is 2.21. The third-order valence-electron chi connectivity index (χ3n) is 3.22. The van der Waals surface area contributed by atoms with E-state index in [0.29, 0.717) is 26.7 Å². The number of aromatic nitrogens is 2. The van der Waals surface area contributed by atoms with E-state index in [9.17, 15) is 4.79 Å². The first-order valence-corrected chi connectivity index (χ1v) is 9.81. The van der Waals surface area contributed by atoms with Crippen molar-refractivity contribution < 1.29 is 9.53 Å². The molecule has 0 spiro atoms. The van der Waals surface area contributed by atoms with Crippen LogP contribution in [0.25, 0.3) is 21.5 Å². The molecule has 2 heterocycles. The Morgan fingerprint density at radius 2 is 2.04 bits per heavy atom. The van der Waals surface area contributed by atoms with Gasteiger partial charge in [0.15, 0.2) is 5.16 Å². The normalized spacial score (nSPS) is 11.0. The molecule has 0 radical (unpaired) electrons. The molecule has 0 fully saturated rings. The number of halogens is 2. The van der Waals surface area contributed by atoms with Crippen LogP contribution in [-0.4, -0.2) is 28.8 Å². The first-order valence-electron chi connectivity index (χ1n) is 7.01. The molecule has 0 saturated carbocycles. The predicted molar refractivity (Wildman–Crippen MR) is 101 cm³/mol. The summed E-state index contributed by atoms with van der Waals surface area (Å²) in [6, 6.07) is 7.10. The monoisotopic (exact) mass is 398 g/mol. The van der Waals surface area contributed by atoms with Gasteiger partial charge in [-0.3, -0.25) is 0 Å². The second kappa shape index (κ2) is 7.27. The average molecular weight is 399 g/mol. The molecule has 1 aromatic carbocycles. The number of hydrogen-bond donors (Lipinski definition) is 0. The Labute approximate surface area is 157 Å². The van der Waals surface area contributed by atoms with Gasteiger partial charge in [0.1, 0.15) is 9.71 Å². The number of thiophene rings is 1. The SMILES string of the molecule is CCOC(=O)c1cc2c(-c3ccc(Cl)c(Cl)c3)nc(SC)nc2s1. The van der Waals surface area contributed by atoms with Crippen molar-refractivity contribution in [1.29, 1.82) is 0 Å². The molecule has 0 bridgehead atoms. The molecule has 8 heteroatoms. The maximum absolute atomic E-state index is 12.0. The summed E-state index contributed by atoms with van der Waals surface area (Å²) in [5.74, 6) is -0.355. The summed E-state index contributed by atoms with van der Waals surface area (Å²) < 4.78 is 5.07. The molecule has 0 aliphatic carbocycles. The summed E-state index contributed by atoms with van der Waals surface area (Å²) in [6.07, 6.45) is 1.90. The van der Waals surface area contributed by atoms with Crippen molar-refractivity contribution in [2.45, 2.75) is 12.1 Å². The van der Waals surface area contributed by atoms with E-state index in [-0.39, 0.29) is 5.97 Å². The van der Waals surface area contributed by atoms with Gasteiger partial charge in [-0.1, -0.05) is 41.0 Å². The fourth-order valence-electron chi connectivity index (χ4n) is 2.16. The molecule has 0 N–H and O–H groups in total. The summed E-state index contributed by atoms with van der Waals surface area (Å²) in [5.41, 5.74) is 1.54. The number of esters is 1. The van der Waals surface area contributed by atoms with Crippen molar-refractivity contribution in [2.24, 2.45) is 0 Å². The number of nitrogens with zero attached hydrogens (tertiary/aromatic N) is 2. The summed E-state index contributed by atoms with van der Waals surface area (Å²) in [4.78, 5) is 22.3. The fraction of sp³-hybridized carbons (Fsp3) is 0.188. The van der Waals surface area contributed by atoms with Crippen molar-refractivity contribution in [3.63, 3.8) is 0 Å². The van der Waals surface area contributed by atoms with Crippen molar-refractivity contribution in [3.8, 4) is 11.3 Å². The second-order valence-electron chi connectivity index (χ2n) is 4.74. The van der Waals surface area contributed by atoms with Crippen LogP contribution in [0.15, 0.2) is 29.4 Å². The molecule has 124 valence electrons. The zero-order valence-corrected chi connectivity index (χ0v) is 15.9.